The van der Waals surface area contributed by atoms with Crippen LogP contribution in [-0.2, 0) is 0 Å². The van der Waals surface area contributed by atoms with Gasteiger partial charge in [0, 0.05) is 18.7 Å². The molecule has 0 aliphatic carbocycles. The Bertz CT molecular complexity index is 539. The summed E-state index contributed by atoms with van der Waals surface area (Å²) >= 11 is 1.44. The van der Waals surface area contributed by atoms with E-state index < -0.39 is 0 Å². The molecule has 1 aliphatic rings. The van der Waals surface area contributed by atoms with E-state index in [9.17, 15) is 4.79 Å². The van der Waals surface area contributed by atoms with Crippen LogP contribution in [0.2, 0.25) is 0 Å². The van der Waals surface area contributed by atoms with Gasteiger partial charge in [0.1, 0.15) is 11.5 Å². The zero-order valence-electron chi connectivity index (χ0n) is 12.8. The molecule has 1 aliphatic heterocycles. The largest absolute Gasteiger partial charge is 0.384 e. The monoisotopic (exact) mass is 305 g/mol. The summed E-state index contributed by atoms with van der Waals surface area (Å²) in [6, 6.07) is 1.85. The zero-order valence-corrected chi connectivity index (χ0v) is 13.6. The maximum Gasteiger partial charge on any atom is 0.265 e. The minimum Gasteiger partial charge on any atom is -0.384 e. The molecule has 2 heterocycles. The van der Waals surface area contributed by atoms with Crippen LogP contribution >= 0.6 is 11.3 Å². The number of carbonyl (C=O) groups excluding carboxylic acids is 1. The zero-order chi connectivity index (χ0) is 15.3. The maximum atomic E-state index is 12.6. The molecule has 0 spiro atoms. The summed E-state index contributed by atoms with van der Waals surface area (Å²) in [7, 11) is 0. The molecule has 1 amide bonds. The van der Waals surface area contributed by atoms with E-state index in [0.29, 0.717) is 10.3 Å². The van der Waals surface area contributed by atoms with Gasteiger partial charge in [-0.3, -0.25) is 4.79 Å². The number of piperidine rings is 1. The van der Waals surface area contributed by atoms with E-state index in [1.54, 1.807) is 0 Å². The van der Waals surface area contributed by atoms with Crippen molar-refractivity contribution in [1.29, 1.82) is 0 Å². The molecule has 1 aromatic heterocycles. The molecule has 1 fully saturated rings. The summed E-state index contributed by atoms with van der Waals surface area (Å²) in [5, 5.41) is 10.7. The first-order chi connectivity index (χ1) is 10.2. The molecular weight excluding hydrogens is 282 g/mol. The summed E-state index contributed by atoms with van der Waals surface area (Å²) in [6.07, 6.45) is 4.57. The smallest absolute Gasteiger partial charge is 0.265 e. The van der Waals surface area contributed by atoms with Gasteiger partial charge in [0.15, 0.2) is 0 Å². The van der Waals surface area contributed by atoms with Gasteiger partial charge in [0.2, 0.25) is 0 Å². The molecule has 114 valence electrons. The van der Waals surface area contributed by atoms with Crippen molar-refractivity contribution in [3.63, 3.8) is 0 Å². The molecule has 21 heavy (non-hydrogen) atoms. The summed E-state index contributed by atoms with van der Waals surface area (Å²) in [5.41, 5.74) is 1.16. The quantitative estimate of drug-likeness (QED) is 0.872. The van der Waals surface area contributed by atoms with Gasteiger partial charge in [-0.2, -0.15) is 0 Å². The summed E-state index contributed by atoms with van der Waals surface area (Å²) < 4.78 is 0. The third-order valence-electron chi connectivity index (χ3n) is 4.77. The maximum absolute atomic E-state index is 12.6. The van der Waals surface area contributed by atoms with Crippen LogP contribution in [-0.4, -0.2) is 35.6 Å². The van der Waals surface area contributed by atoms with Gasteiger partial charge in [0.25, 0.3) is 5.91 Å². The van der Waals surface area contributed by atoms with Crippen LogP contribution in [0.4, 0.5) is 0 Å². The fraction of sp³-hybridized carbons (Fsp3) is 0.588. The number of thiophene rings is 1. The highest BCUT2D eigenvalue weighted by atomic mass is 32.1. The van der Waals surface area contributed by atoms with Crippen LogP contribution in [0.1, 0.15) is 54.8 Å². The highest BCUT2D eigenvalue weighted by Gasteiger charge is 2.33. The number of aliphatic hydroxyl groups excluding tert-OH is 1. The Labute approximate surface area is 131 Å². The number of hydrogen-bond acceptors (Lipinski definition) is 3. The topological polar surface area (TPSA) is 40.5 Å². The first-order valence-corrected chi connectivity index (χ1v) is 8.50. The molecule has 0 bridgehead atoms. The van der Waals surface area contributed by atoms with Crippen LogP contribution < -0.4 is 0 Å². The van der Waals surface area contributed by atoms with Crippen molar-refractivity contribution in [2.24, 2.45) is 5.41 Å². The molecule has 1 aromatic rings. The van der Waals surface area contributed by atoms with Crippen molar-refractivity contribution in [3.8, 4) is 11.8 Å². The van der Waals surface area contributed by atoms with E-state index in [4.69, 9.17) is 5.11 Å². The second-order valence-electron chi connectivity index (χ2n) is 5.62. The van der Waals surface area contributed by atoms with Crippen LogP contribution in [0.5, 0.6) is 0 Å². The fourth-order valence-electron chi connectivity index (χ4n) is 2.99. The lowest BCUT2D eigenvalue weighted by atomic mass is 9.74. The molecule has 4 heteroatoms. The third-order valence-corrected chi connectivity index (χ3v) is 5.68. The number of carbonyl (C=O) groups is 1. The Morgan fingerprint density at radius 1 is 1.38 bits per heavy atom. The van der Waals surface area contributed by atoms with Gasteiger partial charge < -0.3 is 10.0 Å². The lowest BCUT2D eigenvalue weighted by Gasteiger charge is -2.40. The van der Waals surface area contributed by atoms with Crippen molar-refractivity contribution >= 4 is 17.2 Å². The summed E-state index contributed by atoms with van der Waals surface area (Å²) in [6.45, 7) is 6.00. The van der Waals surface area contributed by atoms with E-state index in [1.807, 2.05) is 16.3 Å². The second kappa shape index (κ2) is 7.11. The Kier molecular flexibility index (Phi) is 5.44. The Hall–Kier alpha value is -1.31. The number of rotatable bonds is 3. The second-order valence-corrected chi connectivity index (χ2v) is 6.54. The number of nitrogens with zero attached hydrogens (tertiary/aromatic N) is 1. The van der Waals surface area contributed by atoms with Gasteiger partial charge >= 0.3 is 0 Å². The van der Waals surface area contributed by atoms with Gasteiger partial charge in [-0.25, -0.2) is 0 Å². The Morgan fingerprint density at radius 2 is 2.05 bits per heavy atom. The van der Waals surface area contributed by atoms with Crippen LogP contribution in [0.3, 0.4) is 0 Å². The number of aliphatic hydroxyl groups is 1. The van der Waals surface area contributed by atoms with Crippen LogP contribution in [0, 0.1) is 17.3 Å². The minimum atomic E-state index is -0.178. The van der Waals surface area contributed by atoms with Crippen molar-refractivity contribution < 1.29 is 9.90 Å². The Balaban J connectivity index is 2.07. The van der Waals surface area contributed by atoms with E-state index >= 15 is 0 Å². The van der Waals surface area contributed by atoms with Crippen molar-refractivity contribution in [1.82, 2.24) is 4.90 Å². The molecule has 2 rings (SSSR count). The van der Waals surface area contributed by atoms with E-state index in [1.165, 1.54) is 24.2 Å². The molecule has 0 radical (unpaired) electrons. The minimum absolute atomic E-state index is 0.0908. The van der Waals surface area contributed by atoms with Gasteiger partial charge in [-0.1, -0.05) is 38.5 Å². The molecule has 0 atom stereocenters. The summed E-state index contributed by atoms with van der Waals surface area (Å²) in [5.74, 6) is 5.58. The lowest BCUT2D eigenvalue weighted by Crippen LogP contribution is -2.42. The molecule has 0 unspecified atom stereocenters. The van der Waals surface area contributed by atoms with Crippen LogP contribution in [0.25, 0.3) is 0 Å². The average Bonchev–Trinajstić information content (AvgIpc) is 3.00. The van der Waals surface area contributed by atoms with Gasteiger partial charge in [-0.15, -0.1) is 11.3 Å². The summed E-state index contributed by atoms with van der Waals surface area (Å²) in [4.78, 5) is 15.3. The molecular formula is C17H23NO2S. The number of amides is 1. The molecule has 1 N–H and O–H groups in total. The average molecular weight is 305 g/mol. The number of hydrogen-bond donors (Lipinski definition) is 1. The molecule has 1 saturated heterocycles. The van der Waals surface area contributed by atoms with Gasteiger partial charge in [0.05, 0.1) is 0 Å². The van der Waals surface area contributed by atoms with Gasteiger partial charge in [-0.05, 0) is 29.7 Å². The van der Waals surface area contributed by atoms with Crippen LogP contribution in [0.15, 0.2) is 11.4 Å². The lowest BCUT2D eigenvalue weighted by molar-refractivity contribution is 0.0562. The predicted molar refractivity (Wildman–Crippen MR) is 86.4 cm³/mol. The van der Waals surface area contributed by atoms with Crippen molar-refractivity contribution in [3.05, 3.63) is 21.9 Å². The SMILES string of the molecule is CCC1(CC)CCN(C(=O)c2sccc2C#CCO)CC1. The number of likely N-dealkylation sites (tertiary alicyclic amines) is 1. The fourth-order valence-corrected chi connectivity index (χ4v) is 3.81. The molecule has 3 nitrogen and oxygen atoms in total. The standard InChI is InChI=1S/C17H23NO2S/c1-3-17(4-2)8-10-18(11-9-17)16(20)15-14(6-5-12-19)7-13-21-15/h7,13,19H,3-4,8-12H2,1-2H3. The van der Waals surface area contributed by atoms with Crippen molar-refractivity contribution in [2.45, 2.75) is 39.5 Å². The highest BCUT2D eigenvalue weighted by molar-refractivity contribution is 7.12. The molecule has 0 aromatic carbocycles. The Morgan fingerprint density at radius 3 is 2.62 bits per heavy atom. The normalized spacial score (nSPS) is 17.2. The first-order valence-electron chi connectivity index (χ1n) is 7.62. The predicted octanol–water partition coefficient (Wildman–Crippen LogP) is 3.13. The van der Waals surface area contributed by atoms with E-state index in [0.717, 1.165) is 31.5 Å². The molecule has 0 saturated carbocycles. The first kappa shape index (κ1) is 16.1. The highest BCUT2D eigenvalue weighted by Crippen LogP contribution is 2.38. The third kappa shape index (κ3) is 3.48. The van der Waals surface area contributed by atoms with E-state index in [-0.39, 0.29) is 12.5 Å². The van der Waals surface area contributed by atoms with E-state index in [2.05, 4.69) is 25.7 Å². The van der Waals surface area contributed by atoms with Crippen molar-refractivity contribution in [2.75, 3.05) is 19.7 Å².